The van der Waals surface area contributed by atoms with Crippen LogP contribution < -0.4 is 0 Å². The summed E-state index contributed by atoms with van der Waals surface area (Å²) in [5.41, 5.74) is 1.07. The average molecular weight is 395 g/mol. The fourth-order valence-electron chi connectivity index (χ4n) is 3.29. The lowest BCUT2D eigenvalue weighted by Gasteiger charge is -2.37. The molecule has 0 saturated heterocycles. The van der Waals surface area contributed by atoms with E-state index in [-0.39, 0.29) is 0 Å². The van der Waals surface area contributed by atoms with E-state index < -0.39 is 23.2 Å². The van der Waals surface area contributed by atoms with Gasteiger partial charge in [-0.25, -0.2) is 4.79 Å². The molecule has 0 aliphatic carbocycles. The quantitative estimate of drug-likeness (QED) is 0.301. The van der Waals surface area contributed by atoms with Crippen molar-refractivity contribution in [1.29, 1.82) is 0 Å². The Morgan fingerprint density at radius 2 is 1.11 bits per heavy atom. The molecule has 3 nitrogen and oxygen atoms in total. The van der Waals surface area contributed by atoms with Gasteiger partial charge >= 0.3 is 5.97 Å². The molecule has 3 aromatic rings. The van der Waals surface area contributed by atoms with Crippen LogP contribution in [0.3, 0.4) is 0 Å². The Balaban J connectivity index is 2.18. The Labute approximate surface area is 170 Å². The molecule has 144 valence electrons. The normalized spacial score (nSPS) is 13.5. The molecule has 0 amide bonds. The van der Waals surface area contributed by atoms with E-state index >= 15 is 0 Å². The van der Waals surface area contributed by atoms with Crippen LogP contribution in [0, 0.1) is 0 Å². The maximum atomic E-state index is 12.5. The second-order valence-electron chi connectivity index (χ2n) is 6.52. The van der Waals surface area contributed by atoms with Gasteiger partial charge in [0, 0.05) is 0 Å². The number of hydrogen-bond acceptors (Lipinski definition) is 3. The summed E-state index contributed by atoms with van der Waals surface area (Å²) < 4.78 is 11.7. The van der Waals surface area contributed by atoms with Crippen molar-refractivity contribution < 1.29 is 14.3 Å². The summed E-state index contributed by atoms with van der Waals surface area (Å²) in [6.45, 7) is 3.29. The molecule has 2 unspecified atom stereocenters. The fraction of sp³-hybridized carbons (Fsp3) is 0.208. The first-order valence-electron chi connectivity index (χ1n) is 9.23. The highest BCUT2D eigenvalue weighted by atomic mass is 35.5. The van der Waals surface area contributed by atoms with E-state index in [1.54, 1.807) is 13.8 Å². The highest BCUT2D eigenvalue weighted by molar-refractivity contribution is 6.20. The third-order valence-electron chi connectivity index (χ3n) is 4.50. The first-order chi connectivity index (χ1) is 13.5. The van der Waals surface area contributed by atoms with E-state index in [1.165, 1.54) is 0 Å². The maximum absolute atomic E-state index is 12.5. The zero-order valence-corrected chi connectivity index (χ0v) is 16.7. The van der Waals surface area contributed by atoms with Gasteiger partial charge in [0.05, 0.1) is 0 Å². The number of hydrogen-bond donors (Lipinski definition) is 0. The van der Waals surface area contributed by atoms with E-state index in [0.717, 1.165) is 16.7 Å². The van der Waals surface area contributed by atoms with Gasteiger partial charge < -0.3 is 9.47 Å². The van der Waals surface area contributed by atoms with Crippen LogP contribution >= 0.6 is 11.6 Å². The summed E-state index contributed by atoms with van der Waals surface area (Å²) in [6, 6.07) is 29.6. The van der Waals surface area contributed by atoms with Crippen molar-refractivity contribution in [3.8, 4) is 0 Å². The van der Waals surface area contributed by atoms with Gasteiger partial charge in [-0.3, -0.25) is 0 Å². The van der Waals surface area contributed by atoms with Crippen LogP contribution in [0.4, 0.5) is 0 Å². The molecular formula is C24H23ClO3. The number of benzene rings is 3. The highest BCUT2D eigenvalue weighted by Crippen LogP contribution is 2.41. The van der Waals surface area contributed by atoms with E-state index in [1.807, 2.05) is 91.0 Å². The van der Waals surface area contributed by atoms with Gasteiger partial charge in [-0.15, -0.1) is 0 Å². The lowest BCUT2D eigenvalue weighted by atomic mass is 9.80. The smallest absolute Gasteiger partial charge is 0.336 e. The van der Waals surface area contributed by atoms with Gasteiger partial charge in [-0.05, 0) is 30.5 Å². The van der Waals surface area contributed by atoms with Crippen molar-refractivity contribution in [2.45, 2.75) is 31.1 Å². The zero-order chi connectivity index (χ0) is 20.0. The number of carbonyl (C=O) groups is 1. The lowest BCUT2D eigenvalue weighted by Crippen LogP contribution is -2.39. The van der Waals surface area contributed by atoms with Crippen molar-refractivity contribution in [1.82, 2.24) is 0 Å². The Morgan fingerprint density at radius 1 is 0.750 bits per heavy atom. The lowest BCUT2D eigenvalue weighted by molar-refractivity contribution is -0.164. The predicted octanol–water partition coefficient (Wildman–Crippen LogP) is 5.51. The summed E-state index contributed by atoms with van der Waals surface area (Å²) >= 11 is 5.84. The van der Waals surface area contributed by atoms with Gasteiger partial charge in [0.1, 0.15) is 5.60 Å². The molecule has 3 rings (SSSR count). The SMILES string of the molecule is CC(Cl)OC(=O)C(C)OC(c1ccccc1)(c1ccccc1)c1ccccc1. The minimum Gasteiger partial charge on any atom is -0.444 e. The first-order valence-corrected chi connectivity index (χ1v) is 9.66. The molecule has 0 N–H and O–H groups in total. The molecule has 28 heavy (non-hydrogen) atoms. The Kier molecular flexibility index (Phi) is 6.50. The second-order valence-corrected chi connectivity index (χ2v) is 7.13. The van der Waals surface area contributed by atoms with E-state index in [4.69, 9.17) is 21.1 Å². The zero-order valence-electron chi connectivity index (χ0n) is 15.9. The van der Waals surface area contributed by atoms with E-state index in [9.17, 15) is 4.79 Å². The number of carbonyl (C=O) groups excluding carboxylic acids is 1. The molecule has 4 heteroatoms. The Morgan fingerprint density at radius 3 is 1.43 bits per heavy atom. The molecule has 0 radical (unpaired) electrons. The minimum absolute atomic E-state index is 0.505. The molecule has 3 aromatic carbocycles. The molecule has 2 atom stereocenters. The molecule has 0 aromatic heterocycles. The fourth-order valence-corrected chi connectivity index (χ4v) is 3.38. The summed E-state index contributed by atoms with van der Waals surface area (Å²) in [4.78, 5) is 12.5. The van der Waals surface area contributed by atoms with Crippen molar-refractivity contribution in [3.63, 3.8) is 0 Å². The molecular weight excluding hydrogens is 372 g/mol. The molecule has 0 bridgehead atoms. The van der Waals surface area contributed by atoms with Crippen molar-refractivity contribution in [2.24, 2.45) is 0 Å². The van der Waals surface area contributed by atoms with Crippen LogP contribution in [-0.4, -0.2) is 17.6 Å². The molecule has 0 aliphatic rings. The summed E-state index contributed by atoms with van der Waals surface area (Å²) in [7, 11) is 0. The standard InChI is InChI=1S/C24H23ClO3/c1-18(23(26)27-19(2)25)28-24(20-12-6-3-7-13-20,21-14-8-4-9-15-21)22-16-10-5-11-17-22/h3-19H,1-2H3. The molecule has 0 saturated carbocycles. The Bertz CT molecular complexity index is 783. The summed E-state index contributed by atoms with van der Waals surface area (Å²) in [5, 5.41) is 0. The van der Waals surface area contributed by atoms with Gasteiger partial charge in [0.25, 0.3) is 0 Å². The second kappa shape index (κ2) is 9.05. The van der Waals surface area contributed by atoms with Crippen LogP contribution in [0.2, 0.25) is 0 Å². The molecule has 0 heterocycles. The van der Waals surface area contributed by atoms with Crippen LogP contribution in [0.25, 0.3) is 0 Å². The van der Waals surface area contributed by atoms with E-state index in [2.05, 4.69) is 0 Å². The third kappa shape index (κ3) is 4.27. The van der Waals surface area contributed by atoms with Crippen molar-refractivity contribution in [3.05, 3.63) is 108 Å². The number of rotatable bonds is 7. The number of alkyl halides is 1. The molecule has 0 spiro atoms. The number of ether oxygens (including phenoxy) is 2. The first kappa shape index (κ1) is 20.1. The van der Waals surface area contributed by atoms with Crippen LogP contribution in [0.5, 0.6) is 0 Å². The third-order valence-corrected chi connectivity index (χ3v) is 4.59. The van der Waals surface area contributed by atoms with Gasteiger partial charge in [0.2, 0.25) is 0 Å². The predicted molar refractivity (Wildman–Crippen MR) is 111 cm³/mol. The van der Waals surface area contributed by atoms with Crippen molar-refractivity contribution in [2.75, 3.05) is 0 Å². The topological polar surface area (TPSA) is 35.5 Å². The molecule has 0 aliphatic heterocycles. The van der Waals surface area contributed by atoms with Crippen LogP contribution in [-0.2, 0) is 19.9 Å². The maximum Gasteiger partial charge on any atom is 0.336 e. The number of halogens is 1. The largest absolute Gasteiger partial charge is 0.444 e. The average Bonchev–Trinajstić information content (AvgIpc) is 2.73. The highest BCUT2D eigenvalue weighted by Gasteiger charge is 2.40. The number of esters is 1. The van der Waals surface area contributed by atoms with Crippen molar-refractivity contribution >= 4 is 17.6 Å². The van der Waals surface area contributed by atoms with Crippen LogP contribution in [0.1, 0.15) is 30.5 Å². The molecule has 0 fully saturated rings. The summed E-state index contributed by atoms with van der Waals surface area (Å²) in [5.74, 6) is -0.505. The Hall–Kier alpha value is -2.62. The van der Waals surface area contributed by atoms with Gasteiger partial charge in [0.15, 0.2) is 11.7 Å². The monoisotopic (exact) mass is 394 g/mol. The van der Waals surface area contributed by atoms with E-state index in [0.29, 0.717) is 0 Å². The van der Waals surface area contributed by atoms with Crippen LogP contribution in [0.15, 0.2) is 91.0 Å². The van der Waals surface area contributed by atoms with Gasteiger partial charge in [-0.1, -0.05) is 103 Å². The minimum atomic E-state index is -0.974. The summed E-state index contributed by atoms with van der Waals surface area (Å²) in [6.07, 6.45) is -0.832. The van der Waals surface area contributed by atoms with Gasteiger partial charge in [-0.2, -0.15) is 0 Å².